The van der Waals surface area contributed by atoms with Gasteiger partial charge in [-0.15, -0.1) is 0 Å². The van der Waals surface area contributed by atoms with Gasteiger partial charge in [-0.3, -0.25) is 15.8 Å². The first-order chi connectivity index (χ1) is 8.76. The lowest BCUT2D eigenvalue weighted by molar-refractivity contribution is 0.403. The first-order valence-electron chi connectivity index (χ1n) is 5.63. The molecular formula is C13H16N4O. The third-order valence-corrected chi connectivity index (χ3v) is 2.75. The number of nitrogens with two attached hydrogens (primary N) is 1. The van der Waals surface area contributed by atoms with E-state index in [1.165, 1.54) is 0 Å². The van der Waals surface area contributed by atoms with Crippen molar-refractivity contribution in [2.75, 3.05) is 7.11 Å². The maximum absolute atomic E-state index is 5.63. The third-order valence-electron chi connectivity index (χ3n) is 2.75. The number of nitrogens with zero attached hydrogens (tertiary/aromatic N) is 2. The first kappa shape index (κ1) is 12.5. The van der Waals surface area contributed by atoms with Crippen molar-refractivity contribution in [1.82, 2.24) is 15.4 Å². The number of benzene rings is 1. The van der Waals surface area contributed by atoms with Crippen LogP contribution in [0.1, 0.15) is 22.9 Å². The second kappa shape index (κ2) is 5.57. The molecule has 94 valence electrons. The fourth-order valence-electron chi connectivity index (χ4n) is 1.85. The summed E-state index contributed by atoms with van der Waals surface area (Å²) in [5.74, 6) is 6.41. The molecule has 1 heterocycles. The highest BCUT2D eigenvalue weighted by molar-refractivity contribution is 5.42. The largest absolute Gasteiger partial charge is 0.496 e. The van der Waals surface area contributed by atoms with Crippen molar-refractivity contribution in [3.05, 3.63) is 53.6 Å². The molecule has 0 aliphatic heterocycles. The fourth-order valence-corrected chi connectivity index (χ4v) is 1.85. The molecule has 2 aromatic rings. The zero-order chi connectivity index (χ0) is 13.0. The summed E-state index contributed by atoms with van der Waals surface area (Å²) >= 11 is 0. The van der Waals surface area contributed by atoms with Crippen LogP contribution < -0.4 is 16.0 Å². The Morgan fingerprint density at radius 2 is 2.17 bits per heavy atom. The summed E-state index contributed by atoms with van der Waals surface area (Å²) in [7, 11) is 1.64. The van der Waals surface area contributed by atoms with E-state index in [1.807, 2.05) is 25.1 Å². The number of hydrazine groups is 1. The van der Waals surface area contributed by atoms with E-state index in [0.717, 1.165) is 22.6 Å². The Morgan fingerprint density at radius 3 is 2.78 bits per heavy atom. The van der Waals surface area contributed by atoms with E-state index in [0.29, 0.717) is 0 Å². The Bertz CT molecular complexity index is 516. The predicted octanol–water partition coefficient (Wildman–Crippen LogP) is 1.35. The number of hydrogen-bond donors (Lipinski definition) is 2. The van der Waals surface area contributed by atoms with E-state index in [1.54, 1.807) is 25.7 Å². The summed E-state index contributed by atoms with van der Waals surface area (Å²) in [5.41, 5.74) is 5.56. The molecule has 18 heavy (non-hydrogen) atoms. The van der Waals surface area contributed by atoms with Crippen LogP contribution in [0.5, 0.6) is 5.75 Å². The summed E-state index contributed by atoms with van der Waals surface area (Å²) in [6.45, 7) is 2.01. The average molecular weight is 244 g/mol. The molecule has 1 aromatic carbocycles. The molecule has 0 aliphatic carbocycles. The van der Waals surface area contributed by atoms with Crippen LogP contribution in [0.3, 0.4) is 0 Å². The van der Waals surface area contributed by atoms with Crippen LogP contribution in [0, 0.1) is 6.92 Å². The van der Waals surface area contributed by atoms with Gasteiger partial charge in [-0.2, -0.15) is 0 Å². The maximum atomic E-state index is 5.63. The van der Waals surface area contributed by atoms with Gasteiger partial charge in [0.05, 0.1) is 25.0 Å². The Hall–Kier alpha value is -1.98. The summed E-state index contributed by atoms with van der Waals surface area (Å²) in [6.07, 6.45) is 4.95. The molecule has 0 aliphatic rings. The molecule has 1 aromatic heterocycles. The Labute approximate surface area is 106 Å². The number of aryl methyl sites for hydroxylation is 1. The molecule has 0 amide bonds. The van der Waals surface area contributed by atoms with Gasteiger partial charge in [0.15, 0.2) is 0 Å². The van der Waals surface area contributed by atoms with Crippen molar-refractivity contribution in [3.8, 4) is 5.75 Å². The van der Waals surface area contributed by atoms with Gasteiger partial charge in [0.2, 0.25) is 0 Å². The molecule has 1 unspecified atom stereocenters. The molecule has 0 radical (unpaired) electrons. The molecule has 3 N–H and O–H groups in total. The van der Waals surface area contributed by atoms with Gasteiger partial charge >= 0.3 is 0 Å². The third kappa shape index (κ3) is 2.47. The zero-order valence-electron chi connectivity index (χ0n) is 10.4. The van der Waals surface area contributed by atoms with Crippen LogP contribution in [0.15, 0.2) is 36.8 Å². The van der Waals surface area contributed by atoms with Gasteiger partial charge in [0.25, 0.3) is 0 Å². The average Bonchev–Trinajstić information content (AvgIpc) is 2.42. The van der Waals surface area contributed by atoms with E-state index >= 15 is 0 Å². The Kier molecular flexibility index (Phi) is 3.86. The van der Waals surface area contributed by atoms with Crippen molar-refractivity contribution >= 4 is 0 Å². The fraction of sp³-hybridized carbons (Fsp3) is 0.231. The van der Waals surface area contributed by atoms with Crippen molar-refractivity contribution in [1.29, 1.82) is 0 Å². The zero-order valence-corrected chi connectivity index (χ0v) is 10.4. The lowest BCUT2D eigenvalue weighted by atomic mass is 10.0. The summed E-state index contributed by atoms with van der Waals surface area (Å²) in [5, 5.41) is 0. The summed E-state index contributed by atoms with van der Waals surface area (Å²) in [4.78, 5) is 8.32. The van der Waals surface area contributed by atoms with Gasteiger partial charge in [0, 0.05) is 18.0 Å². The standard InChI is InChI=1S/C13H16N4O/c1-9-3-4-10(12(7-9)18-2)13(17-14)11-8-15-5-6-16-11/h3-8,13,17H,14H2,1-2H3. The Morgan fingerprint density at radius 1 is 1.33 bits per heavy atom. The SMILES string of the molecule is COc1cc(C)ccc1C(NN)c1cnccn1. The number of hydrogen-bond acceptors (Lipinski definition) is 5. The Balaban J connectivity index is 2.45. The lowest BCUT2D eigenvalue weighted by Crippen LogP contribution is -2.30. The van der Waals surface area contributed by atoms with Crippen LogP contribution in [-0.4, -0.2) is 17.1 Å². The minimum atomic E-state index is -0.241. The minimum Gasteiger partial charge on any atom is -0.496 e. The van der Waals surface area contributed by atoms with E-state index in [-0.39, 0.29) is 6.04 Å². The summed E-state index contributed by atoms with van der Waals surface area (Å²) < 4.78 is 5.39. The molecule has 0 saturated heterocycles. The second-order valence-electron chi connectivity index (χ2n) is 3.98. The monoisotopic (exact) mass is 244 g/mol. The maximum Gasteiger partial charge on any atom is 0.124 e. The number of nitrogens with one attached hydrogen (secondary N) is 1. The predicted molar refractivity (Wildman–Crippen MR) is 68.9 cm³/mol. The van der Waals surface area contributed by atoms with Gasteiger partial charge in [-0.05, 0) is 18.6 Å². The van der Waals surface area contributed by atoms with Crippen LogP contribution in [0.4, 0.5) is 0 Å². The van der Waals surface area contributed by atoms with Gasteiger partial charge in [-0.25, -0.2) is 5.43 Å². The molecule has 0 spiro atoms. The number of rotatable bonds is 4. The quantitative estimate of drug-likeness (QED) is 0.627. The van der Waals surface area contributed by atoms with E-state index in [2.05, 4.69) is 15.4 Å². The van der Waals surface area contributed by atoms with Crippen LogP contribution in [0.2, 0.25) is 0 Å². The van der Waals surface area contributed by atoms with Gasteiger partial charge < -0.3 is 4.74 Å². The van der Waals surface area contributed by atoms with Crippen LogP contribution >= 0.6 is 0 Å². The second-order valence-corrected chi connectivity index (χ2v) is 3.98. The molecule has 2 rings (SSSR count). The lowest BCUT2D eigenvalue weighted by Gasteiger charge is -2.18. The molecule has 0 saturated carbocycles. The smallest absolute Gasteiger partial charge is 0.124 e. The van der Waals surface area contributed by atoms with Crippen molar-refractivity contribution < 1.29 is 4.74 Å². The topological polar surface area (TPSA) is 73.1 Å². The molecular weight excluding hydrogens is 228 g/mol. The molecule has 5 heteroatoms. The van der Waals surface area contributed by atoms with E-state index in [9.17, 15) is 0 Å². The highest BCUT2D eigenvalue weighted by atomic mass is 16.5. The number of ether oxygens (including phenoxy) is 1. The van der Waals surface area contributed by atoms with Crippen molar-refractivity contribution in [2.45, 2.75) is 13.0 Å². The number of aromatic nitrogens is 2. The molecule has 1 atom stereocenters. The van der Waals surface area contributed by atoms with Gasteiger partial charge in [-0.1, -0.05) is 12.1 Å². The van der Waals surface area contributed by atoms with Crippen molar-refractivity contribution in [2.24, 2.45) is 5.84 Å². The normalized spacial score (nSPS) is 12.2. The highest BCUT2D eigenvalue weighted by Crippen LogP contribution is 2.29. The molecule has 0 bridgehead atoms. The number of methoxy groups -OCH3 is 1. The van der Waals surface area contributed by atoms with Crippen LogP contribution in [-0.2, 0) is 0 Å². The first-order valence-corrected chi connectivity index (χ1v) is 5.63. The van der Waals surface area contributed by atoms with Crippen molar-refractivity contribution in [3.63, 3.8) is 0 Å². The van der Waals surface area contributed by atoms with Gasteiger partial charge in [0.1, 0.15) is 5.75 Å². The van der Waals surface area contributed by atoms with E-state index < -0.39 is 0 Å². The van der Waals surface area contributed by atoms with Crippen LogP contribution in [0.25, 0.3) is 0 Å². The highest BCUT2D eigenvalue weighted by Gasteiger charge is 2.18. The minimum absolute atomic E-state index is 0.241. The van der Waals surface area contributed by atoms with E-state index in [4.69, 9.17) is 10.6 Å². The summed E-state index contributed by atoms with van der Waals surface area (Å²) in [6, 6.07) is 5.72. The molecule has 5 nitrogen and oxygen atoms in total. The molecule has 0 fully saturated rings.